The molecule has 0 spiro atoms. The highest BCUT2D eigenvalue weighted by atomic mass is 32.1. The van der Waals surface area contributed by atoms with Crippen LogP contribution in [0.4, 0.5) is 17.1 Å². The van der Waals surface area contributed by atoms with Gasteiger partial charge in [0.05, 0.1) is 21.6 Å². The molecule has 0 bridgehead atoms. The predicted octanol–water partition coefficient (Wildman–Crippen LogP) is 4.07. The van der Waals surface area contributed by atoms with E-state index in [2.05, 4.69) is 15.6 Å². The van der Waals surface area contributed by atoms with Crippen LogP contribution in [0, 0.1) is 0 Å². The fourth-order valence-corrected chi connectivity index (χ4v) is 3.86. The van der Waals surface area contributed by atoms with E-state index in [0.29, 0.717) is 16.4 Å². The molecule has 0 aliphatic heterocycles. The van der Waals surface area contributed by atoms with E-state index in [0.717, 1.165) is 15.9 Å². The molecule has 29 heavy (non-hydrogen) atoms. The summed E-state index contributed by atoms with van der Waals surface area (Å²) in [5, 5.41) is 27.1. The second kappa shape index (κ2) is 8.40. The number of carbonyl (C=O) groups is 1. The van der Waals surface area contributed by atoms with Crippen LogP contribution in [0.1, 0.15) is 11.1 Å². The Bertz CT molecular complexity index is 1100. The minimum atomic E-state index is -1.65. The average molecular weight is 405 g/mol. The number of nitrogens with one attached hydrogen (secondary N) is 2. The molecule has 0 aliphatic rings. The Morgan fingerprint density at radius 2 is 1.52 bits per heavy atom. The smallest absolute Gasteiger partial charge is 0.256 e. The van der Waals surface area contributed by atoms with Crippen LogP contribution in [0.15, 0.2) is 78.9 Å². The van der Waals surface area contributed by atoms with Crippen LogP contribution >= 0.6 is 11.3 Å². The van der Waals surface area contributed by atoms with E-state index in [1.807, 2.05) is 66.7 Å². The van der Waals surface area contributed by atoms with E-state index in [1.54, 1.807) is 12.1 Å². The Morgan fingerprint density at radius 3 is 2.28 bits per heavy atom. The van der Waals surface area contributed by atoms with Gasteiger partial charge in [-0.1, -0.05) is 42.5 Å². The standard InChI is InChI=1S/C22H19N3O3S/c26-19(20(27)22-25-17-12-6-7-13-18(17)29-22)21(28)24-16-11-5-4-10-15(16)23-14-8-2-1-3-9-14/h1-13,19-20,23,26-27H,(H,24,28). The van der Waals surface area contributed by atoms with Gasteiger partial charge in [-0.2, -0.15) is 0 Å². The van der Waals surface area contributed by atoms with Crippen molar-refractivity contribution in [2.45, 2.75) is 12.2 Å². The topological polar surface area (TPSA) is 94.5 Å². The first-order chi connectivity index (χ1) is 14.1. The maximum absolute atomic E-state index is 12.6. The quantitative estimate of drug-likeness (QED) is 0.388. The van der Waals surface area contributed by atoms with E-state index in [9.17, 15) is 15.0 Å². The van der Waals surface area contributed by atoms with Gasteiger partial charge in [0, 0.05) is 5.69 Å². The minimum Gasteiger partial charge on any atom is -0.383 e. The Labute approximate surface area is 171 Å². The van der Waals surface area contributed by atoms with Crippen LogP contribution in [0.5, 0.6) is 0 Å². The molecule has 2 unspecified atom stereocenters. The Morgan fingerprint density at radius 1 is 0.862 bits per heavy atom. The van der Waals surface area contributed by atoms with Gasteiger partial charge in [-0.25, -0.2) is 4.98 Å². The summed E-state index contributed by atoms with van der Waals surface area (Å²) in [6.07, 6.45) is -3.07. The highest BCUT2D eigenvalue weighted by molar-refractivity contribution is 7.18. The number of amides is 1. The highest BCUT2D eigenvalue weighted by Gasteiger charge is 2.28. The number of para-hydroxylation sites is 4. The van der Waals surface area contributed by atoms with Gasteiger partial charge < -0.3 is 20.8 Å². The second-order valence-corrected chi connectivity index (χ2v) is 7.50. The third-order valence-corrected chi connectivity index (χ3v) is 5.48. The molecular weight excluding hydrogens is 386 g/mol. The van der Waals surface area contributed by atoms with Crippen LogP contribution < -0.4 is 10.6 Å². The summed E-state index contributed by atoms with van der Waals surface area (Å²) in [7, 11) is 0. The van der Waals surface area contributed by atoms with Gasteiger partial charge in [0.2, 0.25) is 0 Å². The molecule has 6 nitrogen and oxygen atoms in total. The number of anilines is 3. The average Bonchev–Trinajstić information content (AvgIpc) is 3.19. The number of carbonyl (C=O) groups excluding carboxylic acids is 1. The lowest BCUT2D eigenvalue weighted by Gasteiger charge is -2.18. The van der Waals surface area contributed by atoms with Gasteiger partial charge in [0.25, 0.3) is 5.91 Å². The number of fused-ring (bicyclic) bond motifs is 1. The number of rotatable bonds is 6. The number of hydrogen-bond donors (Lipinski definition) is 4. The van der Waals surface area contributed by atoms with Crippen LogP contribution in [0.2, 0.25) is 0 Å². The van der Waals surface area contributed by atoms with E-state index in [-0.39, 0.29) is 0 Å². The molecule has 2 atom stereocenters. The predicted molar refractivity (Wildman–Crippen MR) is 115 cm³/mol. The lowest BCUT2D eigenvalue weighted by Crippen LogP contribution is -2.33. The Kier molecular flexibility index (Phi) is 5.53. The second-order valence-electron chi connectivity index (χ2n) is 6.44. The molecule has 1 heterocycles. The summed E-state index contributed by atoms with van der Waals surface area (Å²) < 4.78 is 0.881. The van der Waals surface area contributed by atoms with E-state index >= 15 is 0 Å². The van der Waals surface area contributed by atoms with Gasteiger partial charge in [-0.05, 0) is 36.4 Å². The van der Waals surface area contributed by atoms with E-state index in [4.69, 9.17) is 0 Å². The number of aliphatic hydroxyl groups excluding tert-OH is 2. The SMILES string of the molecule is O=C(Nc1ccccc1Nc1ccccc1)C(O)C(O)c1nc2ccccc2s1. The molecule has 1 aromatic heterocycles. The lowest BCUT2D eigenvalue weighted by molar-refractivity contribution is -0.129. The number of nitrogens with zero attached hydrogens (tertiary/aromatic N) is 1. The van der Waals surface area contributed by atoms with E-state index < -0.39 is 18.1 Å². The zero-order valence-corrected chi connectivity index (χ0v) is 16.1. The number of hydrogen-bond acceptors (Lipinski definition) is 6. The van der Waals surface area contributed by atoms with Crippen molar-refractivity contribution in [2.75, 3.05) is 10.6 Å². The molecule has 0 fully saturated rings. The number of thiazole rings is 1. The minimum absolute atomic E-state index is 0.296. The molecular formula is C22H19N3O3S. The van der Waals surface area contributed by atoms with Crippen molar-refractivity contribution in [2.24, 2.45) is 0 Å². The summed E-state index contributed by atoms with van der Waals surface area (Å²) >= 11 is 1.25. The van der Waals surface area contributed by atoms with Gasteiger partial charge in [0.15, 0.2) is 6.10 Å². The zero-order chi connectivity index (χ0) is 20.2. The monoisotopic (exact) mass is 405 g/mol. The lowest BCUT2D eigenvalue weighted by atomic mass is 10.2. The molecule has 4 aromatic rings. The maximum Gasteiger partial charge on any atom is 0.256 e. The van der Waals surface area contributed by atoms with Gasteiger partial charge in [0.1, 0.15) is 11.1 Å². The largest absolute Gasteiger partial charge is 0.383 e. The van der Waals surface area contributed by atoms with Crippen molar-refractivity contribution in [1.82, 2.24) is 4.98 Å². The van der Waals surface area contributed by atoms with Crippen LogP contribution in [0.3, 0.4) is 0 Å². The van der Waals surface area contributed by atoms with Crippen molar-refractivity contribution >= 4 is 44.5 Å². The first-order valence-corrected chi connectivity index (χ1v) is 9.87. The van der Waals surface area contributed by atoms with Crippen LogP contribution in [-0.2, 0) is 4.79 Å². The summed E-state index contributed by atoms with van der Waals surface area (Å²) in [6, 6.07) is 24.1. The third-order valence-electron chi connectivity index (χ3n) is 4.37. The van der Waals surface area contributed by atoms with Gasteiger partial charge >= 0.3 is 0 Å². The normalized spacial score (nSPS) is 13.0. The molecule has 3 aromatic carbocycles. The van der Waals surface area contributed by atoms with E-state index in [1.165, 1.54) is 11.3 Å². The Hall–Kier alpha value is -3.26. The molecule has 4 N–H and O–H groups in total. The molecule has 0 saturated heterocycles. The number of aliphatic hydroxyl groups is 2. The number of benzene rings is 3. The van der Waals surface area contributed by atoms with Crippen molar-refractivity contribution in [3.8, 4) is 0 Å². The summed E-state index contributed by atoms with van der Waals surface area (Å²) in [4.78, 5) is 16.9. The molecule has 7 heteroatoms. The molecule has 146 valence electrons. The van der Waals surface area contributed by atoms with Crippen LogP contribution in [-0.4, -0.2) is 27.2 Å². The van der Waals surface area contributed by atoms with Crippen LogP contribution in [0.25, 0.3) is 10.2 Å². The fourth-order valence-electron chi connectivity index (χ4n) is 2.88. The zero-order valence-electron chi connectivity index (χ0n) is 15.3. The van der Waals surface area contributed by atoms with Gasteiger partial charge in [-0.3, -0.25) is 4.79 Å². The summed E-state index contributed by atoms with van der Waals surface area (Å²) in [5.74, 6) is -0.709. The molecule has 0 saturated carbocycles. The van der Waals surface area contributed by atoms with Crippen molar-refractivity contribution in [1.29, 1.82) is 0 Å². The molecule has 0 aliphatic carbocycles. The van der Waals surface area contributed by atoms with Crippen molar-refractivity contribution < 1.29 is 15.0 Å². The van der Waals surface area contributed by atoms with Crippen molar-refractivity contribution in [3.05, 3.63) is 83.9 Å². The fraction of sp³-hybridized carbons (Fsp3) is 0.0909. The number of aromatic nitrogens is 1. The molecule has 4 rings (SSSR count). The first-order valence-electron chi connectivity index (χ1n) is 9.05. The molecule has 0 radical (unpaired) electrons. The molecule has 1 amide bonds. The van der Waals surface area contributed by atoms with Crippen molar-refractivity contribution in [3.63, 3.8) is 0 Å². The maximum atomic E-state index is 12.6. The third kappa shape index (κ3) is 4.27. The summed E-state index contributed by atoms with van der Waals surface area (Å²) in [5.41, 5.74) is 2.76. The Balaban J connectivity index is 1.50. The van der Waals surface area contributed by atoms with Gasteiger partial charge in [-0.15, -0.1) is 11.3 Å². The summed E-state index contributed by atoms with van der Waals surface area (Å²) in [6.45, 7) is 0. The highest BCUT2D eigenvalue weighted by Crippen LogP contribution is 2.29. The first kappa shape index (κ1) is 19.1.